The van der Waals surface area contributed by atoms with Crippen LogP contribution in [0.25, 0.3) is 0 Å². The molecule has 0 bridgehead atoms. The van der Waals surface area contributed by atoms with Gasteiger partial charge in [0.2, 0.25) is 6.29 Å². The standard InChI is InChI=1S/C17H16O2/c1-3-7-14-12(5-1)9-10-16(14)19-17-11-13-6-2-4-8-15(13)18-17/h1-8,16-17H,9-11H2. The normalized spacial score (nSPS) is 23.8. The molecule has 2 atom stereocenters. The van der Waals surface area contributed by atoms with Gasteiger partial charge in [-0.3, -0.25) is 0 Å². The molecule has 0 saturated carbocycles. The van der Waals surface area contributed by atoms with Gasteiger partial charge in [0.05, 0.1) is 6.10 Å². The highest BCUT2D eigenvalue weighted by Crippen LogP contribution is 2.37. The fourth-order valence-corrected chi connectivity index (χ4v) is 3.07. The Labute approximate surface area is 113 Å². The third kappa shape index (κ3) is 1.92. The summed E-state index contributed by atoms with van der Waals surface area (Å²) in [6.07, 6.45) is 3.09. The number of hydrogen-bond donors (Lipinski definition) is 0. The van der Waals surface area contributed by atoms with Gasteiger partial charge in [0.25, 0.3) is 0 Å². The van der Waals surface area contributed by atoms with Crippen LogP contribution in [0.5, 0.6) is 5.75 Å². The second kappa shape index (κ2) is 4.39. The van der Waals surface area contributed by atoms with Crippen molar-refractivity contribution in [3.63, 3.8) is 0 Å². The summed E-state index contributed by atoms with van der Waals surface area (Å²) in [4.78, 5) is 0. The van der Waals surface area contributed by atoms with Crippen LogP contribution in [0.4, 0.5) is 0 Å². The molecular formula is C17H16O2. The van der Waals surface area contributed by atoms with Gasteiger partial charge in [0, 0.05) is 12.0 Å². The molecule has 2 unspecified atom stereocenters. The number of para-hydroxylation sites is 1. The Morgan fingerprint density at radius 1 is 0.947 bits per heavy atom. The van der Waals surface area contributed by atoms with Crippen LogP contribution in [-0.2, 0) is 17.6 Å². The number of hydrogen-bond acceptors (Lipinski definition) is 2. The molecule has 0 radical (unpaired) electrons. The molecule has 2 nitrogen and oxygen atoms in total. The number of fused-ring (bicyclic) bond motifs is 2. The first-order valence-corrected chi connectivity index (χ1v) is 6.88. The van der Waals surface area contributed by atoms with Crippen LogP contribution in [0, 0.1) is 0 Å². The SMILES string of the molecule is c1ccc2c(c1)CC(OC1CCc3ccccc31)O2. The van der Waals surface area contributed by atoms with E-state index in [9.17, 15) is 0 Å². The maximum absolute atomic E-state index is 6.16. The summed E-state index contributed by atoms with van der Waals surface area (Å²) in [6.45, 7) is 0. The van der Waals surface area contributed by atoms with Gasteiger partial charge in [0.15, 0.2) is 0 Å². The van der Waals surface area contributed by atoms with Gasteiger partial charge >= 0.3 is 0 Å². The van der Waals surface area contributed by atoms with Crippen molar-refractivity contribution in [1.82, 2.24) is 0 Å². The highest BCUT2D eigenvalue weighted by molar-refractivity contribution is 5.37. The Bertz CT molecular complexity index is 581. The molecule has 2 aliphatic rings. The van der Waals surface area contributed by atoms with E-state index in [4.69, 9.17) is 9.47 Å². The van der Waals surface area contributed by atoms with Crippen molar-refractivity contribution in [1.29, 1.82) is 0 Å². The molecule has 2 heteroatoms. The van der Waals surface area contributed by atoms with Crippen LogP contribution >= 0.6 is 0 Å². The molecule has 0 aromatic heterocycles. The lowest BCUT2D eigenvalue weighted by molar-refractivity contribution is -0.108. The lowest BCUT2D eigenvalue weighted by Gasteiger charge is -2.18. The molecule has 96 valence electrons. The average molecular weight is 252 g/mol. The molecule has 1 aliphatic carbocycles. The summed E-state index contributed by atoms with van der Waals surface area (Å²) >= 11 is 0. The summed E-state index contributed by atoms with van der Waals surface area (Å²) in [5, 5.41) is 0. The fraction of sp³-hybridized carbons (Fsp3) is 0.294. The van der Waals surface area contributed by atoms with Gasteiger partial charge in [-0.2, -0.15) is 0 Å². The minimum atomic E-state index is -0.131. The summed E-state index contributed by atoms with van der Waals surface area (Å²) < 4.78 is 12.0. The Kier molecular flexibility index (Phi) is 2.56. The van der Waals surface area contributed by atoms with Crippen LogP contribution in [0.15, 0.2) is 48.5 Å². The maximum Gasteiger partial charge on any atom is 0.204 e. The number of ether oxygens (including phenoxy) is 2. The van der Waals surface area contributed by atoms with Crippen LogP contribution in [-0.4, -0.2) is 6.29 Å². The largest absolute Gasteiger partial charge is 0.464 e. The summed E-state index contributed by atoms with van der Waals surface area (Å²) in [6, 6.07) is 16.7. The highest BCUT2D eigenvalue weighted by Gasteiger charge is 2.30. The van der Waals surface area contributed by atoms with Gasteiger partial charge in [-0.25, -0.2) is 0 Å². The van der Waals surface area contributed by atoms with Crippen molar-refractivity contribution < 1.29 is 9.47 Å². The van der Waals surface area contributed by atoms with E-state index in [0.717, 1.165) is 25.0 Å². The van der Waals surface area contributed by atoms with Crippen molar-refractivity contribution in [2.75, 3.05) is 0 Å². The van der Waals surface area contributed by atoms with Crippen LogP contribution in [0.3, 0.4) is 0 Å². The molecule has 2 aromatic carbocycles. The number of aryl methyl sites for hydroxylation is 1. The minimum absolute atomic E-state index is 0.131. The Morgan fingerprint density at radius 3 is 2.63 bits per heavy atom. The van der Waals surface area contributed by atoms with Gasteiger partial charge in [-0.05, 0) is 30.0 Å². The first kappa shape index (κ1) is 11.1. The van der Waals surface area contributed by atoms with Gasteiger partial charge in [0.1, 0.15) is 5.75 Å². The lowest BCUT2D eigenvalue weighted by atomic mass is 10.1. The predicted molar refractivity (Wildman–Crippen MR) is 73.2 cm³/mol. The van der Waals surface area contributed by atoms with Crippen molar-refractivity contribution in [3.05, 3.63) is 65.2 Å². The van der Waals surface area contributed by atoms with E-state index in [0.29, 0.717) is 0 Å². The molecule has 0 spiro atoms. The third-order valence-corrected chi connectivity index (χ3v) is 4.01. The smallest absolute Gasteiger partial charge is 0.204 e. The predicted octanol–water partition coefficient (Wildman–Crippen LogP) is 3.65. The van der Waals surface area contributed by atoms with Crippen LogP contribution < -0.4 is 4.74 Å². The molecule has 1 aliphatic heterocycles. The van der Waals surface area contributed by atoms with Crippen LogP contribution in [0.1, 0.15) is 29.2 Å². The van der Waals surface area contributed by atoms with Crippen molar-refractivity contribution in [2.45, 2.75) is 31.7 Å². The van der Waals surface area contributed by atoms with E-state index in [-0.39, 0.29) is 12.4 Å². The van der Waals surface area contributed by atoms with Crippen molar-refractivity contribution >= 4 is 0 Å². The lowest BCUT2D eigenvalue weighted by Crippen LogP contribution is -2.19. The van der Waals surface area contributed by atoms with Gasteiger partial charge in [-0.15, -0.1) is 0 Å². The van der Waals surface area contributed by atoms with Gasteiger partial charge < -0.3 is 9.47 Å². The number of benzene rings is 2. The second-order valence-electron chi connectivity index (χ2n) is 5.22. The average Bonchev–Trinajstić information content (AvgIpc) is 3.03. The fourth-order valence-electron chi connectivity index (χ4n) is 3.07. The minimum Gasteiger partial charge on any atom is -0.464 e. The van der Waals surface area contributed by atoms with E-state index < -0.39 is 0 Å². The summed E-state index contributed by atoms with van der Waals surface area (Å²) in [5.41, 5.74) is 4.00. The Hall–Kier alpha value is -1.80. The zero-order valence-electron chi connectivity index (χ0n) is 10.7. The van der Waals surface area contributed by atoms with Crippen molar-refractivity contribution in [2.24, 2.45) is 0 Å². The second-order valence-corrected chi connectivity index (χ2v) is 5.22. The van der Waals surface area contributed by atoms with E-state index in [1.165, 1.54) is 16.7 Å². The summed E-state index contributed by atoms with van der Waals surface area (Å²) in [7, 11) is 0. The van der Waals surface area contributed by atoms with E-state index >= 15 is 0 Å². The Morgan fingerprint density at radius 2 is 1.74 bits per heavy atom. The van der Waals surface area contributed by atoms with Gasteiger partial charge in [-0.1, -0.05) is 42.5 Å². The van der Waals surface area contributed by atoms with E-state index in [2.05, 4.69) is 36.4 Å². The maximum atomic E-state index is 6.16. The van der Waals surface area contributed by atoms with E-state index in [1.54, 1.807) is 0 Å². The summed E-state index contributed by atoms with van der Waals surface area (Å²) in [5.74, 6) is 0.971. The zero-order chi connectivity index (χ0) is 12.7. The molecular weight excluding hydrogens is 236 g/mol. The molecule has 1 heterocycles. The monoisotopic (exact) mass is 252 g/mol. The molecule has 4 rings (SSSR count). The molecule has 19 heavy (non-hydrogen) atoms. The molecule has 2 aromatic rings. The molecule has 0 fully saturated rings. The highest BCUT2D eigenvalue weighted by atomic mass is 16.7. The quantitative estimate of drug-likeness (QED) is 0.812. The topological polar surface area (TPSA) is 18.5 Å². The Balaban J connectivity index is 1.50. The van der Waals surface area contributed by atoms with Crippen LogP contribution in [0.2, 0.25) is 0 Å². The first-order valence-electron chi connectivity index (χ1n) is 6.88. The zero-order valence-corrected chi connectivity index (χ0v) is 10.7. The molecule has 0 amide bonds. The molecule has 0 N–H and O–H groups in total. The molecule has 0 saturated heterocycles. The van der Waals surface area contributed by atoms with E-state index in [1.807, 2.05) is 12.1 Å². The number of rotatable bonds is 2. The van der Waals surface area contributed by atoms with Crippen molar-refractivity contribution in [3.8, 4) is 5.75 Å². The first-order chi connectivity index (χ1) is 9.40. The third-order valence-electron chi connectivity index (χ3n) is 4.01.